The Labute approximate surface area is 406 Å². The highest BCUT2D eigenvalue weighted by atomic mass is 15.0. The van der Waals surface area contributed by atoms with Crippen LogP contribution < -0.4 is 0 Å². The fourth-order valence-electron chi connectivity index (χ4n) is 10.5. The van der Waals surface area contributed by atoms with Gasteiger partial charge in [-0.15, -0.1) is 0 Å². The summed E-state index contributed by atoms with van der Waals surface area (Å²) in [6.45, 7) is 8.73. The fourth-order valence-corrected chi connectivity index (χ4v) is 10.5. The first-order chi connectivity index (χ1) is 35.0. The summed E-state index contributed by atoms with van der Waals surface area (Å²) >= 11 is 0. The van der Waals surface area contributed by atoms with Crippen molar-refractivity contribution < 1.29 is 0 Å². The number of nitrogens with zero attached hydrogens (tertiary/aromatic N) is 9. The summed E-state index contributed by atoms with van der Waals surface area (Å²) in [5.74, 6) is 0.250. The third kappa shape index (κ3) is 6.22. The molecular weight excluding hydrogens is 871 g/mol. The van der Waals surface area contributed by atoms with Crippen molar-refractivity contribution in [3.8, 4) is 69.2 Å². The average molecular weight is 904 g/mol. The maximum Gasteiger partial charge on any atom is 0.211 e. The van der Waals surface area contributed by atoms with Gasteiger partial charge in [-0.1, -0.05) is 103 Å². The molecule has 13 rings (SSSR count). The summed E-state index contributed by atoms with van der Waals surface area (Å²) in [4.78, 5) is 14.0. The maximum atomic E-state index is 11.1. The fraction of sp³-hybridized carbons (Fsp3) is 0. The summed E-state index contributed by atoms with van der Waals surface area (Å²) in [6, 6.07) is 73.3. The van der Waals surface area contributed by atoms with E-state index in [0.717, 1.165) is 76.8 Å². The van der Waals surface area contributed by atoms with Gasteiger partial charge in [-0.3, -0.25) is 0 Å². The Morgan fingerprint density at radius 2 is 0.775 bits per heavy atom. The van der Waals surface area contributed by atoms with Gasteiger partial charge in [0.05, 0.1) is 91.6 Å². The molecule has 0 N–H and O–H groups in total. The number of hydrogen-bond donors (Lipinski definition) is 0. The smallest absolute Gasteiger partial charge is 0.211 e. The predicted molar refractivity (Wildman–Crippen MR) is 282 cm³/mol. The summed E-state index contributed by atoms with van der Waals surface area (Å²) in [5, 5.41) is 37.9. The molecule has 326 valence electrons. The number of para-hydroxylation sites is 4. The molecule has 0 amide bonds. The molecule has 0 saturated carbocycles. The van der Waals surface area contributed by atoms with E-state index in [1.165, 1.54) is 0 Å². The van der Waals surface area contributed by atoms with Gasteiger partial charge < -0.3 is 13.7 Å². The van der Waals surface area contributed by atoms with Crippen molar-refractivity contribution in [2.75, 3.05) is 0 Å². The molecule has 0 aliphatic heterocycles. The van der Waals surface area contributed by atoms with E-state index in [1.807, 2.05) is 18.2 Å². The quantitative estimate of drug-likeness (QED) is 0.154. The van der Waals surface area contributed by atoms with Crippen LogP contribution in [0.3, 0.4) is 0 Å². The Hall–Kier alpha value is -10.6. The van der Waals surface area contributed by atoms with Crippen molar-refractivity contribution in [3.05, 3.63) is 228 Å². The number of rotatable bonds is 6. The minimum absolute atomic E-state index is 0.250. The van der Waals surface area contributed by atoms with Gasteiger partial charge in [-0.05, 0) is 97.1 Å². The molecule has 0 saturated heterocycles. The van der Waals surface area contributed by atoms with E-state index in [1.54, 1.807) is 48.5 Å². The molecule has 9 nitrogen and oxygen atoms in total. The lowest BCUT2D eigenvalue weighted by Crippen LogP contribution is -2.01. The van der Waals surface area contributed by atoms with Gasteiger partial charge in [-0.2, -0.15) is 15.8 Å². The molecule has 0 atom stereocenters. The largest absolute Gasteiger partial charge is 0.319 e. The highest BCUT2D eigenvalue weighted by Gasteiger charge is 2.23. The monoisotopic (exact) mass is 903 g/mol. The van der Waals surface area contributed by atoms with Gasteiger partial charge in [0.15, 0.2) is 5.82 Å². The second kappa shape index (κ2) is 16.0. The molecule has 13 aromatic rings. The molecule has 0 fully saturated rings. The zero-order valence-corrected chi connectivity index (χ0v) is 37.6. The standard InChI is InChI=1S/C62H33N9/c1-66-54-33-49(53-34-52(43-16-4-2-14-38(43)35-63)67-62(68-53)44-17-5-3-15-39(44)36-64)40(37-65)30-61(54)71-59-28-26-41(69-55-22-10-6-18-45(55)46-19-7-11-23-56(46)69)31-50(59)51-32-42(27-29-60(51)71)70-57-24-12-8-20-47(57)48-21-9-13-25-58(48)70/h2-34H. The van der Waals surface area contributed by atoms with Gasteiger partial charge in [0.25, 0.3) is 0 Å². The summed E-state index contributed by atoms with van der Waals surface area (Å²) in [7, 11) is 0. The number of hydrogen-bond acceptors (Lipinski definition) is 5. The number of benzene rings is 9. The van der Waals surface area contributed by atoms with E-state index in [-0.39, 0.29) is 11.4 Å². The van der Waals surface area contributed by atoms with Crippen LogP contribution in [0.25, 0.3) is 121 Å². The average Bonchev–Trinajstić information content (AvgIpc) is 4.07. The molecule has 0 unspecified atom stereocenters. The van der Waals surface area contributed by atoms with Crippen LogP contribution in [0.5, 0.6) is 0 Å². The van der Waals surface area contributed by atoms with Crippen molar-refractivity contribution in [1.82, 2.24) is 23.7 Å². The second-order valence-electron chi connectivity index (χ2n) is 17.4. The second-order valence-corrected chi connectivity index (χ2v) is 17.4. The first-order valence-electron chi connectivity index (χ1n) is 22.9. The van der Waals surface area contributed by atoms with E-state index in [9.17, 15) is 15.8 Å². The molecule has 4 aromatic heterocycles. The molecule has 4 heterocycles. The first-order valence-corrected chi connectivity index (χ1v) is 22.9. The highest BCUT2D eigenvalue weighted by Crippen LogP contribution is 2.43. The Morgan fingerprint density at radius 1 is 0.366 bits per heavy atom. The number of fused-ring (bicyclic) bond motifs is 9. The van der Waals surface area contributed by atoms with Crippen molar-refractivity contribution in [2.24, 2.45) is 0 Å². The third-order valence-corrected chi connectivity index (χ3v) is 13.6. The minimum Gasteiger partial charge on any atom is -0.319 e. The van der Waals surface area contributed by atoms with E-state index in [4.69, 9.17) is 16.5 Å². The normalized spacial score (nSPS) is 11.3. The lowest BCUT2D eigenvalue weighted by Gasteiger charge is -2.15. The van der Waals surface area contributed by atoms with Gasteiger partial charge in [0.2, 0.25) is 5.69 Å². The molecule has 9 aromatic carbocycles. The molecule has 0 radical (unpaired) electrons. The Balaban J connectivity index is 1.07. The Morgan fingerprint density at radius 3 is 1.25 bits per heavy atom. The van der Waals surface area contributed by atoms with E-state index in [0.29, 0.717) is 50.6 Å². The molecule has 71 heavy (non-hydrogen) atoms. The zero-order chi connectivity index (χ0) is 47.7. The highest BCUT2D eigenvalue weighted by molar-refractivity contribution is 6.14. The maximum absolute atomic E-state index is 11.1. The van der Waals surface area contributed by atoms with Gasteiger partial charge in [0, 0.05) is 60.4 Å². The van der Waals surface area contributed by atoms with E-state index in [2.05, 4.69) is 170 Å². The third-order valence-electron chi connectivity index (χ3n) is 13.6. The van der Waals surface area contributed by atoms with Crippen LogP contribution in [-0.2, 0) is 0 Å². The summed E-state index contributed by atoms with van der Waals surface area (Å²) in [5.41, 5.74) is 12.2. The van der Waals surface area contributed by atoms with Crippen LogP contribution in [0.15, 0.2) is 200 Å². The number of nitriles is 3. The number of aromatic nitrogens is 5. The van der Waals surface area contributed by atoms with Crippen LogP contribution in [0.1, 0.15) is 16.7 Å². The lowest BCUT2D eigenvalue weighted by atomic mass is 9.98. The van der Waals surface area contributed by atoms with E-state index >= 15 is 0 Å². The van der Waals surface area contributed by atoms with Crippen molar-refractivity contribution in [2.45, 2.75) is 0 Å². The first kappa shape index (κ1) is 40.7. The van der Waals surface area contributed by atoms with Gasteiger partial charge in [-0.25, -0.2) is 14.8 Å². The Kier molecular flexibility index (Phi) is 9.19. The molecule has 0 aliphatic carbocycles. The molecule has 9 heteroatoms. The van der Waals surface area contributed by atoms with Crippen molar-refractivity contribution >= 4 is 71.1 Å². The SMILES string of the molecule is [C-]#[N+]c1cc(-c2cc(-c3ccccc3C#N)nc(-c3ccccc3C#N)n2)c(C#N)cc1-n1c2ccc(-n3c4ccccc4c4ccccc43)cc2c2cc(-n3c4ccccc4c4ccccc43)ccc21. The van der Waals surface area contributed by atoms with E-state index < -0.39 is 0 Å². The van der Waals surface area contributed by atoms with Crippen molar-refractivity contribution in [3.63, 3.8) is 0 Å². The van der Waals surface area contributed by atoms with Crippen molar-refractivity contribution in [1.29, 1.82) is 15.8 Å². The minimum atomic E-state index is 0.250. The molecular formula is C62H33N9. The van der Waals surface area contributed by atoms with Crippen LogP contribution in [0.2, 0.25) is 0 Å². The van der Waals surface area contributed by atoms with Crippen LogP contribution in [0.4, 0.5) is 5.69 Å². The zero-order valence-electron chi connectivity index (χ0n) is 37.6. The molecule has 0 aliphatic rings. The lowest BCUT2D eigenvalue weighted by molar-refractivity contribution is 1.16. The Bertz CT molecular complexity index is 4240. The topological polar surface area (TPSA) is 116 Å². The van der Waals surface area contributed by atoms with Crippen LogP contribution in [0, 0.1) is 40.6 Å². The predicted octanol–water partition coefficient (Wildman–Crippen LogP) is 14.9. The summed E-state index contributed by atoms with van der Waals surface area (Å²) < 4.78 is 6.72. The van der Waals surface area contributed by atoms with Gasteiger partial charge in [0.1, 0.15) is 0 Å². The summed E-state index contributed by atoms with van der Waals surface area (Å²) in [6.07, 6.45) is 0. The molecule has 0 bridgehead atoms. The van der Waals surface area contributed by atoms with Crippen LogP contribution in [-0.4, -0.2) is 23.7 Å². The van der Waals surface area contributed by atoms with Gasteiger partial charge >= 0.3 is 0 Å². The molecule has 0 spiro atoms. The van der Waals surface area contributed by atoms with Crippen LogP contribution >= 0.6 is 0 Å².